The van der Waals surface area contributed by atoms with Crippen molar-refractivity contribution in [3.63, 3.8) is 0 Å². The van der Waals surface area contributed by atoms with Gasteiger partial charge in [-0.3, -0.25) is 0 Å². The Balaban J connectivity index is 2.21. The average Bonchev–Trinajstić information content (AvgIpc) is 2.52. The van der Waals surface area contributed by atoms with Crippen LogP contribution in [0.1, 0.15) is 57.9 Å². The SMILES string of the molecule is CCCCCCC/C(=C/OCCc1ccccc1)OCC. The lowest BCUT2D eigenvalue weighted by atomic mass is 10.1. The van der Waals surface area contributed by atoms with E-state index in [2.05, 4.69) is 31.2 Å². The number of allylic oxidation sites excluding steroid dienone is 1. The number of hydrogen-bond donors (Lipinski definition) is 0. The van der Waals surface area contributed by atoms with Crippen molar-refractivity contribution < 1.29 is 9.47 Å². The van der Waals surface area contributed by atoms with Crippen LogP contribution in [0.4, 0.5) is 0 Å². The molecule has 0 N–H and O–H groups in total. The van der Waals surface area contributed by atoms with Gasteiger partial charge >= 0.3 is 0 Å². The third-order valence-corrected chi connectivity index (χ3v) is 3.42. The molecule has 0 radical (unpaired) electrons. The Morgan fingerprint density at radius 2 is 1.76 bits per heavy atom. The maximum Gasteiger partial charge on any atom is 0.130 e. The van der Waals surface area contributed by atoms with Gasteiger partial charge in [0.25, 0.3) is 0 Å². The van der Waals surface area contributed by atoms with E-state index in [4.69, 9.17) is 9.47 Å². The summed E-state index contributed by atoms with van der Waals surface area (Å²) in [6, 6.07) is 10.4. The van der Waals surface area contributed by atoms with Crippen LogP contribution >= 0.6 is 0 Å². The molecular weight excluding hydrogens is 260 g/mol. The Hall–Kier alpha value is -1.44. The fourth-order valence-corrected chi connectivity index (χ4v) is 2.23. The zero-order valence-corrected chi connectivity index (χ0v) is 13.6. The van der Waals surface area contributed by atoms with Crippen LogP contribution < -0.4 is 0 Å². The predicted octanol–water partition coefficient (Wildman–Crippen LogP) is 5.48. The van der Waals surface area contributed by atoms with Crippen LogP contribution in [0.25, 0.3) is 0 Å². The number of hydrogen-bond acceptors (Lipinski definition) is 2. The van der Waals surface area contributed by atoms with Gasteiger partial charge in [-0.2, -0.15) is 0 Å². The largest absolute Gasteiger partial charge is 0.497 e. The van der Waals surface area contributed by atoms with Crippen molar-refractivity contribution in [2.24, 2.45) is 0 Å². The summed E-state index contributed by atoms with van der Waals surface area (Å²) in [7, 11) is 0. The van der Waals surface area contributed by atoms with Crippen LogP contribution in [-0.4, -0.2) is 13.2 Å². The average molecular weight is 290 g/mol. The lowest BCUT2D eigenvalue weighted by molar-refractivity contribution is 0.177. The Kier molecular flexibility index (Phi) is 10.3. The minimum Gasteiger partial charge on any atom is -0.497 e. The van der Waals surface area contributed by atoms with Crippen LogP contribution in [0.15, 0.2) is 42.4 Å². The van der Waals surface area contributed by atoms with Crippen LogP contribution in [0, 0.1) is 0 Å². The standard InChI is InChI=1S/C19H30O2/c1-3-5-6-7-11-14-19(21-4-2)17-20-16-15-18-12-9-8-10-13-18/h8-10,12-13,17H,3-7,11,14-16H2,1-2H3/b19-17-. The molecule has 0 spiro atoms. The topological polar surface area (TPSA) is 18.5 Å². The first-order chi connectivity index (χ1) is 10.4. The van der Waals surface area contributed by atoms with Crippen LogP contribution in [0.5, 0.6) is 0 Å². The van der Waals surface area contributed by atoms with Gasteiger partial charge in [0.05, 0.1) is 13.2 Å². The van der Waals surface area contributed by atoms with E-state index >= 15 is 0 Å². The van der Waals surface area contributed by atoms with Crippen molar-refractivity contribution in [2.45, 2.75) is 58.8 Å². The second-order valence-corrected chi connectivity index (χ2v) is 5.29. The summed E-state index contributed by atoms with van der Waals surface area (Å²) in [5.41, 5.74) is 1.31. The molecule has 0 aliphatic rings. The second-order valence-electron chi connectivity index (χ2n) is 5.29. The molecule has 0 heterocycles. The summed E-state index contributed by atoms with van der Waals surface area (Å²) in [5, 5.41) is 0. The third kappa shape index (κ3) is 9.17. The van der Waals surface area contributed by atoms with Gasteiger partial charge in [0.15, 0.2) is 0 Å². The maximum atomic E-state index is 5.64. The van der Waals surface area contributed by atoms with Gasteiger partial charge in [-0.1, -0.05) is 62.9 Å². The quantitative estimate of drug-likeness (QED) is 0.374. The molecule has 0 amide bonds. The second kappa shape index (κ2) is 12.3. The van der Waals surface area contributed by atoms with E-state index in [0.29, 0.717) is 13.2 Å². The van der Waals surface area contributed by atoms with Crippen LogP contribution in [0.2, 0.25) is 0 Å². The summed E-state index contributed by atoms with van der Waals surface area (Å²) in [6.45, 7) is 5.68. The third-order valence-electron chi connectivity index (χ3n) is 3.42. The molecule has 0 aliphatic carbocycles. The molecule has 118 valence electrons. The van der Waals surface area contributed by atoms with Gasteiger partial charge in [0, 0.05) is 12.8 Å². The molecule has 2 heteroatoms. The van der Waals surface area contributed by atoms with Crippen molar-refractivity contribution in [3.05, 3.63) is 47.9 Å². The molecule has 0 saturated carbocycles. The van der Waals surface area contributed by atoms with E-state index in [0.717, 1.165) is 18.6 Å². The van der Waals surface area contributed by atoms with Crippen molar-refractivity contribution in [1.82, 2.24) is 0 Å². The van der Waals surface area contributed by atoms with Crippen molar-refractivity contribution >= 4 is 0 Å². The number of unbranched alkanes of at least 4 members (excludes halogenated alkanes) is 4. The summed E-state index contributed by atoms with van der Waals surface area (Å²) in [5.74, 6) is 0.988. The first-order valence-electron chi connectivity index (χ1n) is 8.34. The first kappa shape index (κ1) is 17.6. The molecule has 0 unspecified atom stereocenters. The zero-order chi connectivity index (χ0) is 15.2. The number of rotatable bonds is 12. The molecule has 1 aromatic carbocycles. The van der Waals surface area contributed by atoms with E-state index in [-0.39, 0.29) is 0 Å². The molecule has 0 fully saturated rings. The molecule has 1 aromatic rings. The smallest absolute Gasteiger partial charge is 0.130 e. The van der Waals surface area contributed by atoms with E-state index < -0.39 is 0 Å². The highest BCUT2D eigenvalue weighted by Crippen LogP contribution is 2.12. The van der Waals surface area contributed by atoms with Crippen molar-refractivity contribution in [2.75, 3.05) is 13.2 Å². The highest BCUT2D eigenvalue weighted by atomic mass is 16.5. The molecule has 2 nitrogen and oxygen atoms in total. The van der Waals surface area contributed by atoms with Gasteiger partial charge < -0.3 is 9.47 Å². The Labute approximate surface area is 130 Å². The molecule has 1 rings (SSSR count). The Morgan fingerprint density at radius 1 is 1.00 bits per heavy atom. The predicted molar refractivity (Wildman–Crippen MR) is 89.2 cm³/mol. The van der Waals surface area contributed by atoms with Crippen molar-refractivity contribution in [3.8, 4) is 0 Å². The summed E-state index contributed by atoms with van der Waals surface area (Å²) in [4.78, 5) is 0. The van der Waals surface area contributed by atoms with Crippen molar-refractivity contribution in [1.29, 1.82) is 0 Å². The Morgan fingerprint density at radius 3 is 2.48 bits per heavy atom. The Bertz CT molecular complexity index is 370. The van der Waals surface area contributed by atoms with Gasteiger partial charge in [0.2, 0.25) is 0 Å². The highest BCUT2D eigenvalue weighted by molar-refractivity contribution is 5.14. The molecule has 0 aromatic heterocycles. The summed E-state index contributed by atoms with van der Waals surface area (Å²) >= 11 is 0. The zero-order valence-electron chi connectivity index (χ0n) is 13.6. The summed E-state index contributed by atoms with van der Waals surface area (Å²) in [6.07, 6.45) is 10.2. The van der Waals surface area contributed by atoms with E-state index in [9.17, 15) is 0 Å². The fourth-order valence-electron chi connectivity index (χ4n) is 2.23. The number of ether oxygens (including phenoxy) is 2. The fraction of sp³-hybridized carbons (Fsp3) is 0.579. The highest BCUT2D eigenvalue weighted by Gasteiger charge is 1.99. The monoisotopic (exact) mass is 290 g/mol. The number of benzene rings is 1. The normalized spacial score (nSPS) is 11.4. The van der Waals surface area contributed by atoms with E-state index in [1.54, 1.807) is 0 Å². The van der Waals surface area contributed by atoms with Crippen LogP contribution in [-0.2, 0) is 15.9 Å². The molecule has 21 heavy (non-hydrogen) atoms. The minimum atomic E-state index is 0.705. The lowest BCUT2D eigenvalue weighted by Gasteiger charge is -2.09. The first-order valence-corrected chi connectivity index (χ1v) is 8.34. The van der Waals surface area contributed by atoms with E-state index in [1.807, 2.05) is 19.3 Å². The van der Waals surface area contributed by atoms with Gasteiger partial charge in [-0.25, -0.2) is 0 Å². The molecule has 0 saturated heterocycles. The van der Waals surface area contributed by atoms with Gasteiger partial charge in [-0.05, 0) is 18.9 Å². The molecule has 0 aliphatic heterocycles. The molecular formula is C19H30O2. The van der Waals surface area contributed by atoms with Gasteiger partial charge in [-0.15, -0.1) is 0 Å². The minimum absolute atomic E-state index is 0.705. The molecule has 0 atom stereocenters. The van der Waals surface area contributed by atoms with Gasteiger partial charge in [0.1, 0.15) is 12.0 Å². The summed E-state index contributed by atoms with van der Waals surface area (Å²) < 4.78 is 11.3. The molecule has 0 bridgehead atoms. The lowest BCUT2D eigenvalue weighted by Crippen LogP contribution is -1.98. The maximum absolute atomic E-state index is 5.64. The van der Waals surface area contributed by atoms with Crippen LogP contribution in [0.3, 0.4) is 0 Å². The van der Waals surface area contributed by atoms with E-state index in [1.165, 1.54) is 37.7 Å².